The van der Waals surface area contributed by atoms with Gasteiger partial charge in [-0.05, 0) is 0 Å². The van der Waals surface area contributed by atoms with Gasteiger partial charge in [-0.3, -0.25) is 4.79 Å². The van der Waals surface area contributed by atoms with Gasteiger partial charge >= 0.3 is 5.97 Å². The van der Waals surface area contributed by atoms with E-state index in [2.05, 4.69) is 9.46 Å². The van der Waals surface area contributed by atoms with Gasteiger partial charge < -0.3 is 9.47 Å². The minimum atomic E-state index is -3.55. The zero-order chi connectivity index (χ0) is 13.3. The molecule has 0 heterocycles. The highest BCUT2D eigenvalue weighted by Gasteiger charge is 2.21. The molecule has 0 aliphatic carbocycles. The van der Waals surface area contributed by atoms with E-state index in [0.29, 0.717) is 6.54 Å². The second-order valence-corrected chi connectivity index (χ2v) is 4.98. The van der Waals surface area contributed by atoms with Crippen LogP contribution in [0.4, 0.5) is 0 Å². The maximum absolute atomic E-state index is 11.7. The number of hydrogen-bond donors (Lipinski definition) is 1. The van der Waals surface area contributed by atoms with Gasteiger partial charge in [-0.15, -0.1) is 0 Å². The molecule has 0 aromatic carbocycles. The molecule has 0 unspecified atom stereocenters. The summed E-state index contributed by atoms with van der Waals surface area (Å²) >= 11 is 0. The molecular formula is C9H20N2O5S. The van der Waals surface area contributed by atoms with E-state index in [1.165, 1.54) is 14.2 Å². The van der Waals surface area contributed by atoms with Crippen molar-refractivity contribution < 1.29 is 22.7 Å². The molecule has 0 fully saturated rings. The van der Waals surface area contributed by atoms with Crippen LogP contribution in [-0.4, -0.2) is 59.2 Å². The predicted octanol–water partition coefficient (Wildman–Crippen LogP) is -0.648. The summed E-state index contributed by atoms with van der Waals surface area (Å²) in [5, 5.41) is 0. The van der Waals surface area contributed by atoms with Crippen molar-refractivity contribution in [2.45, 2.75) is 13.3 Å². The van der Waals surface area contributed by atoms with Crippen molar-refractivity contribution in [2.75, 3.05) is 40.5 Å². The van der Waals surface area contributed by atoms with Crippen LogP contribution in [0.5, 0.6) is 0 Å². The minimum Gasteiger partial charge on any atom is -0.469 e. The summed E-state index contributed by atoms with van der Waals surface area (Å²) < 4.78 is 36.3. The number of hydrogen-bond acceptors (Lipinski definition) is 5. The topological polar surface area (TPSA) is 84.9 Å². The first-order chi connectivity index (χ1) is 7.97. The first-order valence-corrected chi connectivity index (χ1v) is 6.72. The molecular weight excluding hydrogens is 248 g/mol. The van der Waals surface area contributed by atoms with Gasteiger partial charge in [-0.2, -0.15) is 12.7 Å². The Labute approximate surface area is 102 Å². The van der Waals surface area contributed by atoms with E-state index in [1.807, 2.05) is 0 Å². The van der Waals surface area contributed by atoms with Crippen LogP contribution in [0.25, 0.3) is 0 Å². The molecule has 7 nitrogen and oxygen atoms in total. The summed E-state index contributed by atoms with van der Waals surface area (Å²) in [5.41, 5.74) is 0. The number of carbonyl (C=O) groups excluding carboxylic acids is 1. The quantitative estimate of drug-likeness (QED) is 0.562. The molecule has 1 N–H and O–H groups in total. The molecule has 0 rings (SSSR count). The van der Waals surface area contributed by atoms with Gasteiger partial charge in [0, 0.05) is 26.7 Å². The molecule has 0 radical (unpaired) electrons. The summed E-state index contributed by atoms with van der Waals surface area (Å²) in [4.78, 5) is 11.0. The van der Waals surface area contributed by atoms with E-state index in [4.69, 9.17) is 4.74 Å². The Kier molecular flexibility index (Phi) is 8.05. The van der Waals surface area contributed by atoms with E-state index in [1.54, 1.807) is 6.92 Å². The van der Waals surface area contributed by atoms with Crippen molar-refractivity contribution in [2.24, 2.45) is 0 Å². The van der Waals surface area contributed by atoms with E-state index in [9.17, 15) is 13.2 Å². The average molecular weight is 268 g/mol. The SMILES string of the molecule is CCNS(=O)(=O)N(CCOC)CCC(=O)OC. The van der Waals surface area contributed by atoms with Crippen LogP contribution in [0.1, 0.15) is 13.3 Å². The smallest absolute Gasteiger partial charge is 0.306 e. The first kappa shape index (κ1) is 16.3. The van der Waals surface area contributed by atoms with Crippen molar-refractivity contribution in [3.05, 3.63) is 0 Å². The van der Waals surface area contributed by atoms with E-state index in [-0.39, 0.29) is 26.1 Å². The lowest BCUT2D eigenvalue weighted by Crippen LogP contribution is -2.43. The number of nitrogens with one attached hydrogen (secondary N) is 1. The van der Waals surface area contributed by atoms with Gasteiger partial charge in [0.1, 0.15) is 0 Å². The highest BCUT2D eigenvalue weighted by Crippen LogP contribution is 2.00. The molecule has 8 heteroatoms. The molecule has 0 aromatic heterocycles. The van der Waals surface area contributed by atoms with Crippen molar-refractivity contribution >= 4 is 16.2 Å². The highest BCUT2D eigenvalue weighted by atomic mass is 32.2. The molecule has 0 aliphatic rings. The molecule has 17 heavy (non-hydrogen) atoms. The van der Waals surface area contributed by atoms with Crippen LogP contribution in [-0.2, 0) is 24.5 Å². The molecule has 0 spiro atoms. The summed E-state index contributed by atoms with van der Waals surface area (Å²) in [6.07, 6.45) is 0.0187. The molecule has 0 aliphatic heterocycles. The number of ether oxygens (including phenoxy) is 2. The zero-order valence-corrected chi connectivity index (χ0v) is 11.2. The molecule has 0 aromatic rings. The van der Waals surface area contributed by atoms with Crippen LogP contribution in [0.3, 0.4) is 0 Å². The molecule has 0 saturated heterocycles. The van der Waals surface area contributed by atoms with Crippen LogP contribution >= 0.6 is 0 Å². The fourth-order valence-corrected chi connectivity index (χ4v) is 2.33. The van der Waals surface area contributed by atoms with Crippen LogP contribution in [0.2, 0.25) is 0 Å². The van der Waals surface area contributed by atoms with E-state index in [0.717, 1.165) is 4.31 Å². The van der Waals surface area contributed by atoms with Crippen LogP contribution in [0.15, 0.2) is 0 Å². The summed E-state index contributed by atoms with van der Waals surface area (Å²) in [6.45, 7) is 2.52. The molecule has 0 atom stereocenters. The number of esters is 1. The number of methoxy groups -OCH3 is 2. The molecule has 0 bridgehead atoms. The Balaban J connectivity index is 4.47. The summed E-state index contributed by atoms with van der Waals surface area (Å²) in [6, 6.07) is 0. The second kappa shape index (κ2) is 8.40. The highest BCUT2D eigenvalue weighted by molar-refractivity contribution is 7.87. The van der Waals surface area contributed by atoms with Gasteiger partial charge in [0.05, 0.1) is 20.1 Å². The van der Waals surface area contributed by atoms with E-state index < -0.39 is 16.2 Å². The molecule has 102 valence electrons. The van der Waals surface area contributed by atoms with Gasteiger partial charge in [0.2, 0.25) is 0 Å². The van der Waals surface area contributed by atoms with Crippen LogP contribution < -0.4 is 4.72 Å². The van der Waals surface area contributed by atoms with Crippen molar-refractivity contribution in [1.29, 1.82) is 0 Å². The monoisotopic (exact) mass is 268 g/mol. The Morgan fingerprint density at radius 3 is 2.41 bits per heavy atom. The third kappa shape index (κ3) is 6.57. The summed E-state index contributed by atoms with van der Waals surface area (Å²) in [7, 11) is -0.804. The van der Waals surface area contributed by atoms with Gasteiger partial charge in [0.15, 0.2) is 0 Å². The minimum absolute atomic E-state index is 0.0187. The molecule has 0 saturated carbocycles. The summed E-state index contributed by atoms with van der Waals surface area (Å²) in [5.74, 6) is -0.445. The number of rotatable bonds is 9. The van der Waals surface area contributed by atoms with Crippen molar-refractivity contribution in [3.63, 3.8) is 0 Å². The van der Waals surface area contributed by atoms with Gasteiger partial charge in [0.25, 0.3) is 10.2 Å². The zero-order valence-electron chi connectivity index (χ0n) is 10.4. The lowest BCUT2D eigenvalue weighted by atomic mass is 10.4. The average Bonchev–Trinajstić information content (AvgIpc) is 2.28. The largest absolute Gasteiger partial charge is 0.469 e. The van der Waals surface area contributed by atoms with Gasteiger partial charge in [-0.1, -0.05) is 6.92 Å². The Morgan fingerprint density at radius 1 is 1.29 bits per heavy atom. The van der Waals surface area contributed by atoms with Crippen molar-refractivity contribution in [3.8, 4) is 0 Å². The van der Waals surface area contributed by atoms with Crippen molar-refractivity contribution in [1.82, 2.24) is 9.03 Å². The number of carbonyl (C=O) groups is 1. The standard InChI is InChI=1S/C9H20N2O5S/c1-4-10-17(13,14)11(7-8-15-2)6-5-9(12)16-3/h10H,4-8H2,1-3H3. The maximum Gasteiger partial charge on any atom is 0.306 e. The third-order valence-electron chi connectivity index (χ3n) is 2.00. The van der Waals surface area contributed by atoms with E-state index >= 15 is 0 Å². The Hall–Kier alpha value is -0.700. The van der Waals surface area contributed by atoms with Gasteiger partial charge in [-0.25, -0.2) is 4.72 Å². The Bertz CT molecular complexity index is 317. The molecule has 0 amide bonds. The Morgan fingerprint density at radius 2 is 1.94 bits per heavy atom. The maximum atomic E-state index is 11.7. The lowest BCUT2D eigenvalue weighted by molar-refractivity contribution is -0.140. The lowest BCUT2D eigenvalue weighted by Gasteiger charge is -2.21. The number of nitrogens with zero attached hydrogens (tertiary/aromatic N) is 1. The second-order valence-electron chi connectivity index (χ2n) is 3.22. The fourth-order valence-electron chi connectivity index (χ4n) is 1.14. The van der Waals surface area contributed by atoms with Crippen LogP contribution in [0, 0.1) is 0 Å². The predicted molar refractivity (Wildman–Crippen MR) is 62.7 cm³/mol. The third-order valence-corrected chi connectivity index (χ3v) is 3.70. The normalized spacial score (nSPS) is 11.8. The first-order valence-electron chi connectivity index (χ1n) is 5.28. The fraction of sp³-hybridized carbons (Fsp3) is 0.889.